The molecule has 6 nitrogen and oxygen atoms in total. The van der Waals surface area contributed by atoms with Gasteiger partial charge in [0.25, 0.3) is 0 Å². The Morgan fingerprint density at radius 2 is 2.25 bits per heavy atom. The smallest absolute Gasteiger partial charge is 0.410 e. The first-order valence-corrected chi connectivity index (χ1v) is 7.38. The molecular weight excluding hydrogens is 258 g/mol. The number of aliphatic hydroxyl groups is 1. The molecule has 6 heteroatoms. The number of ether oxygens (including phenoxy) is 1. The summed E-state index contributed by atoms with van der Waals surface area (Å²) in [5.74, 6) is 0. The zero-order valence-corrected chi connectivity index (χ0v) is 13.1. The largest absolute Gasteiger partial charge is 0.444 e. The van der Waals surface area contributed by atoms with Crippen LogP contribution in [0.2, 0.25) is 0 Å². The quantitative estimate of drug-likeness (QED) is 0.665. The Morgan fingerprint density at radius 3 is 2.75 bits per heavy atom. The van der Waals surface area contributed by atoms with Crippen LogP contribution in [0, 0.1) is 0 Å². The molecule has 0 aromatic carbocycles. The monoisotopic (exact) mass is 287 g/mol. The highest BCUT2D eigenvalue weighted by molar-refractivity contribution is 5.68. The first kappa shape index (κ1) is 17.2. The van der Waals surface area contributed by atoms with E-state index in [1.165, 1.54) is 0 Å². The number of nitrogens with zero attached hydrogens (tertiary/aromatic N) is 1. The molecule has 0 saturated carbocycles. The summed E-state index contributed by atoms with van der Waals surface area (Å²) >= 11 is 0. The topological polar surface area (TPSA) is 73.8 Å². The molecule has 20 heavy (non-hydrogen) atoms. The lowest BCUT2D eigenvalue weighted by Gasteiger charge is -2.28. The van der Waals surface area contributed by atoms with Gasteiger partial charge in [-0.25, -0.2) is 4.79 Å². The third kappa shape index (κ3) is 7.07. The van der Waals surface area contributed by atoms with E-state index in [-0.39, 0.29) is 6.09 Å². The number of carbonyl (C=O) groups excluding carboxylic acids is 1. The minimum atomic E-state index is -0.560. The maximum Gasteiger partial charge on any atom is 0.410 e. The summed E-state index contributed by atoms with van der Waals surface area (Å²) in [6, 6.07) is 0.474. The number of nitrogens with one attached hydrogen (secondary N) is 2. The third-order valence-corrected chi connectivity index (χ3v) is 3.01. The van der Waals surface area contributed by atoms with Gasteiger partial charge in [-0.2, -0.15) is 0 Å². The van der Waals surface area contributed by atoms with Crippen molar-refractivity contribution in [1.29, 1.82) is 0 Å². The predicted molar refractivity (Wildman–Crippen MR) is 78.8 cm³/mol. The van der Waals surface area contributed by atoms with Crippen LogP contribution in [0.4, 0.5) is 4.79 Å². The number of carbonyl (C=O) groups is 1. The van der Waals surface area contributed by atoms with E-state index in [0.717, 1.165) is 19.5 Å². The molecule has 118 valence electrons. The maximum absolute atomic E-state index is 12.1. The fraction of sp³-hybridized carbons (Fsp3) is 0.929. The Bertz CT molecular complexity index is 297. The molecule has 1 saturated heterocycles. The van der Waals surface area contributed by atoms with Gasteiger partial charge < -0.3 is 25.4 Å². The lowest BCUT2D eigenvalue weighted by atomic mass is 10.2. The summed E-state index contributed by atoms with van der Waals surface area (Å²) < 4.78 is 5.36. The van der Waals surface area contributed by atoms with Crippen LogP contribution < -0.4 is 10.6 Å². The predicted octanol–water partition coefficient (Wildman–Crippen LogP) is 0.556. The SMILES string of the molecule is CC(O)CN(CCNC1CCNC1)C(=O)OC(C)(C)C. The van der Waals surface area contributed by atoms with Crippen molar-refractivity contribution in [2.24, 2.45) is 0 Å². The zero-order chi connectivity index (χ0) is 15.2. The van der Waals surface area contributed by atoms with Gasteiger partial charge in [-0.05, 0) is 40.7 Å². The van der Waals surface area contributed by atoms with Gasteiger partial charge in [0.2, 0.25) is 0 Å². The average molecular weight is 287 g/mol. The molecule has 0 aromatic heterocycles. The minimum absolute atomic E-state index is 0.291. The minimum Gasteiger partial charge on any atom is -0.444 e. The second-order valence-electron chi connectivity index (χ2n) is 6.42. The molecule has 0 bridgehead atoms. The summed E-state index contributed by atoms with van der Waals surface area (Å²) in [7, 11) is 0. The van der Waals surface area contributed by atoms with Crippen LogP contribution in [-0.4, -0.2) is 66.6 Å². The van der Waals surface area contributed by atoms with Crippen LogP contribution in [-0.2, 0) is 4.74 Å². The van der Waals surface area contributed by atoms with Gasteiger partial charge in [0.05, 0.1) is 6.10 Å². The lowest BCUT2D eigenvalue weighted by Crippen LogP contribution is -2.45. The van der Waals surface area contributed by atoms with Crippen LogP contribution in [0.25, 0.3) is 0 Å². The van der Waals surface area contributed by atoms with Gasteiger partial charge in [-0.3, -0.25) is 0 Å². The van der Waals surface area contributed by atoms with E-state index in [1.54, 1.807) is 11.8 Å². The van der Waals surface area contributed by atoms with Crippen molar-refractivity contribution in [2.75, 3.05) is 32.7 Å². The third-order valence-electron chi connectivity index (χ3n) is 3.01. The first-order valence-electron chi connectivity index (χ1n) is 7.38. The Balaban J connectivity index is 2.39. The molecule has 3 N–H and O–H groups in total. The molecular formula is C14H29N3O3. The maximum atomic E-state index is 12.1. The summed E-state index contributed by atoms with van der Waals surface area (Å²) in [4.78, 5) is 13.6. The normalized spacial score (nSPS) is 20.8. The van der Waals surface area contributed by atoms with Gasteiger partial charge in [0.15, 0.2) is 0 Å². The highest BCUT2D eigenvalue weighted by Crippen LogP contribution is 2.10. The van der Waals surface area contributed by atoms with E-state index < -0.39 is 11.7 Å². The van der Waals surface area contributed by atoms with Crippen molar-refractivity contribution in [3.05, 3.63) is 0 Å². The van der Waals surface area contributed by atoms with Gasteiger partial charge in [-0.15, -0.1) is 0 Å². The van der Waals surface area contributed by atoms with Crippen molar-refractivity contribution in [2.45, 2.75) is 51.9 Å². The van der Waals surface area contributed by atoms with Crippen molar-refractivity contribution in [1.82, 2.24) is 15.5 Å². The highest BCUT2D eigenvalue weighted by atomic mass is 16.6. The fourth-order valence-electron chi connectivity index (χ4n) is 2.14. The van der Waals surface area contributed by atoms with E-state index >= 15 is 0 Å². The van der Waals surface area contributed by atoms with Crippen LogP contribution >= 0.6 is 0 Å². The number of hydrogen-bond donors (Lipinski definition) is 3. The van der Waals surface area contributed by atoms with Gasteiger partial charge in [0.1, 0.15) is 5.60 Å². The van der Waals surface area contributed by atoms with Crippen LogP contribution in [0.3, 0.4) is 0 Å². The summed E-state index contributed by atoms with van der Waals surface area (Å²) in [6.45, 7) is 10.7. The summed E-state index contributed by atoms with van der Waals surface area (Å²) in [5, 5.41) is 16.2. The second kappa shape index (κ2) is 7.81. The van der Waals surface area contributed by atoms with Gasteiger partial charge >= 0.3 is 6.09 Å². The number of rotatable bonds is 6. The molecule has 1 aliphatic rings. The molecule has 0 aromatic rings. The van der Waals surface area contributed by atoms with E-state index in [2.05, 4.69) is 10.6 Å². The molecule has 0 aliphatic carbocycles. The van der Waals surface area contributed by atoms with E-state index in [1.807, 2.05) is 20.8 Å². The van der Waals surface area contributed by atoms with Crippen LogP contribution in [0.15, 0.2) is 0 Å². The first-order chi connectivity index (χ1) is 9.28. The van der Waals surface area contributed by atoms with Gasteiger partial charge in [0, 0.05) is 32.2 Å². The molecule has 0 spiro atoms. The molecule has 1 heterocycles. The van der Waals surface area contributed by atoms with E-state index in [0.29, 0.717) is 25.7 Å². The number of aliphatic hydroxyl groups excluding tert-OH is 1. The van der Waals surface area contributed by atoms with Crippen molar-refractivity contribution in [3.8, 4) is 0 Å². The highest BCUT2D eigenvalue weighted by Gasteiger charge is 2.23. The molecule has 2 unspecified atom stereocenters. The summed E-state index contributed by atoms with van der Waals surface area (Å²) in [5.41, 5.74) is -0.517. The molecule has 1 amide bonds. The molecule has 1 aliphatic heterocycles. The van der Waals surface area contributed by atoms with E-state index in [4.69, 9.17) is 4.74 Å². The number of hydrogen-bond acceptors (Lipinski definition) is 5. The standard InChI is InChI=1S/C14H29N3O3/c1-11(18)10-17(13(19)20-14(2,3)4)8-7-16-12-5-6-15-9-12/h11-12,15-16,18H,5-10H2,1-4H3. The van der Waals surface area contributed by atoms with Gasteiger partial charge in [-0.1, -0.05) is 0 Å². The Labute approximate surface area is 121 Å². The molecule has 1 rings (SSSR count). The van der Waals surface area contributed by atoms with Crippen molar-refractivity contribution < 1.29 is 14.6 Å². The second-order valence-corrected chi connectivity index (χ2v) is 6.42. The lowest BCUT2D eigenvalue weighted by molar-refractivity contribution is 0.0163. The van der Waals surface area contributed by atoms with Crippen molar-refractivity contribution in [3.63, 3.8) is 0 Å². The average Bonchev–Trinajstić information content (AvgIpc) is 2.77. The zero-order valence-electron chi connectivity index (χ0n) is 13.1. The number of amides is 1. The molecule has 2 atom stereocenters. The Kier molecular flexibility index (Phi) is 6.71. The van der Waals surface area contributed by atoms with Crippen LogP contribution in [0.5, 0.6) is 0 Å². The Morgan fingerprint density at radius 1 is 1.55 bits per heavy atom. The Hall–Kier alpha value is -0.850. The fourth-order valence-corrected chi connectivity index (χ4v) is 2.14. The summed E-state index contributed by atoms with van der Waals surface area (Å²) in [6.07, 6.45) is 0.184. The van der Waals surface area contributed by atoms with E-state index in [9.17, 15) is 9.90 Å². The van der Waals surface area contributed by atoms with Crippen LogP contribution in [0.1, 0.15) is 34.1 Å². The molecule has 0 radical (unpaired) electrons. The molecule has 1 fully saturated rings. The van der Waals surface area contributed by atoms with Crippen molar-refractivity contribution >= 4 is 6.09 Å².